The molecule has 0 fully saturated rings. The second-order valence-corrected chi connectivity index (χ2v) is 2.12. The van der Waals surface area contributed by atoms with Gasteiger partial charge in [0.05, 0.1) is 5.69 Å². The van der Waals surface area contributed by atoms with E-state index in [-0.39, 0.29) is 0 Å². The van der Waals surface area contributed by atoms with Crippen molar-refractivity contribution in [1.82, 2.24) is 15.0 Å². The molecule has 0 unspecified atom stereocenters. The Kier molecular flexibility index (Phi) is 43.5. The molecule has 1 aromatic rings. The first-order chi connectivity index (χ1) is 8.33. The lowest BCUT2D eigenvalue weighted by Gasteiger charge is -1.91. The van der Waals surface area contributed by atoms with Crippen molar-refractivity contribution in [3.8, 4) is 0 Å². The molecule has 1 rings (SSSR count). The van der Waals surface area contributed by atoms with Crippen LogP contribution in [0.15, 0.2) is 6.20 Å². The lowest BCUT2D eigenvalue weighted by molar-refractivity contribution is 0.579. The zero-order valence-electron chi connectivity index (χ0n) is 13.8. The molecule has 0 aromatic carbocycles. The van der Waals surface area contributed by atoms with Crippen molar-refractivity contribution >= 4 is 0 Å². The van der Waals surface area contributed by atoms with E-state index in [0.29, 0.717) is 0 Å². The first-order valence-corrected chi connectivity index (χ1v) is 7.19. The lowest BCUT2D eigenvalue weighted by atomic mass is 10.5. The van der Waals surface area contributed by atoms with Gasteiger partial charge in [-0.05, 0) is 13.3 Å². The topological polar surface area (TPSA) is 30.7 Å². The van der Waals surface area contributed by atoms with Crippen molar-refractivity contribution < 1.29 is 0 Å². The number of aromatic nitrogens is 3. The predicted molar refractivity (Wildman–Crippen MR) is 80.4 cm³/mol. The third-order valence-corrected chi connectivity index (χ3v) is 1.11. The van der Waals surface area contributed by atoms with Gasteiger partial charge in [0, 0.05) is 12.7 Å². The summed E-state index contributed by atoms with van der Waals surface area (Å²) in [7, 11) is 0. The summed E-state index contributed by atoms with van der Waals surface area (Å²) in [5, 5.41) is 7.72. The highest BCUT2D eigenvalue weighted by Gasteiger charge is 1.90. The first kappa shape index (κ1) is 25.1. The standard InChI is InChI=1S/C6H11N3.4C2H6/c1-3-4-9-5-6(2)7-8-9;4*1-2/h5H,3-4H2,1-2H3;4*1-2H3. The number of rotatable bonds is 2. The summed E-state index contributed by atoms with van der Waals surface area (Å²) in [6.07, 6.45) is 3.06. The van der Waals surface area contributed by atoms with Crippen LogP contribution in [0.4, 0.5) is 0 Å². The Morgan fingerprint density at radius 1 is 0.941 bits per heavy atom. The molecule has 0 aliphatic heterocycles. The summed E-state index contributed by atoms with van der Waals surface area (Å²) in [5.41, 5.74) is 0.989. The van der Waals surface area contributed by atoms with Crippen molar-refractivity contribution in [3.05, 3.63) is 11.9 Å². The Hall–Kier alpha value is -0.860. The minimum absolute atomic E-state index is 0.973. The van der Waals surface area contributed by atoms with Crippen molar-refractivity contribution in [2.75, 3.05) is 0 Å². The van der Waals surface area contributed by atoms with E-state index in [1.807, 2.05) is 73.2 Å². The Morgan fingerprint density at radius 2 is 1.35 bits per heavy atom. The van der Waals surface area contributed by atoms with Gasteiger partial charge in [-0.3, -0.25) is 4.68 Å². The van der Waals surface area contributed by atoms with Gasteiger partial charge in [-0.2, -0.15) is 0 Å². The van der Waals surface area contributed by atoms with Crippen LogP contribution in [0.3, 0.4) is 0 Å². The number of aryl methyl sites for hydroxylation is 2. The third-order valence-electron chi connectivity index (χ3n) is 1.11. The van der Waals surface area contributed by atoms with Crippen LogP contribution in [0.25, 0.3) is 0 Å². The van der Waals surface area contributed by atoms with E-state index in [9.17, 15) is 0 Å². The zero-order valence-corrected chi connectivity index (χ0v) is 13.8. The summed E-state index contributed by atoms with van der Waals surface area (Å²) in [5.74, 6) is 0. The van der Waals surface area contributed by atoms with Gasteiger partial charge in [0.1, 0.15) is 0 Å². The van der Waals surface area contributed by atoms with Crippen molar-refractivity contribution in [3.63, 3.8) is 0 Å². The molecular weight excluding hydrogens is 210 g/mol. The predicted octanol–water partition coefficient (Wildman–Crippen LogP) is 5.10. The van der Waals surface area contributed by atoms with Crippen LogP contribution in [0, 0.1) is 6.92 Å². The Balaban J connectivity index is -0.0000000905. The Labute approximate surface area is 110 Å². The first-order valence-electron chi connectivity index (χ1n) is 7.19. The van der Waals surface area contributed by atoms with Crippen molar-refractivity contribution in [2.45, 2.75) is 82.2 Å². The van der Waals surface area contributed by atoms with Gasteiger partial charge in [-0.1, -0.05) is 67.5 Å². The summed E-state index contributed by atoms with van der Waals surface area (Å²) < 4.78 is 1.86. The molecule has 0 amide bonds. The second kappa shape index (κ2) is 29.4. The number of hydrogen-bond donors (Lipinski definition) is 0. The molecule has 0 bridgehead atoms. The maximum Gasteiger partial charge on any atom is 0.0796 e. The van der Waals surface area contributed by atoms with Crippen LogP contribution in [0.2, 0.25) is 0 Å². The molecule has 17 heavy (non-hydrogen) atoms. The van der Waals surface area contributed by atoms with E-state index in [1.54, 1.807) is 0 Å². The molecule has 0 radical (unpaired) electrons. The normalized spacial score (nSPS) is 6.71. The molecular formula is C14H35N3. The minimum atomic E-state index is 0.973. The van der Waals surface area contributed by atoms with Gasteiger partial charge in [0.25, 0.3) is 0 Å². The summed E-state index contributed by atoms with van der Waals surface area (Å²) >= 11 is 0. The molecule has 0 N–H and O–H groups in total. The van der Waals surface area contributed by atoms with Crippen LogP contribution >= 0.6 is 0 Å². The molecule has 0 spiro atoms. The summed E-state index contributed by atoms with van der Waals surface area (Å²) in [6, 6.07) is 0. The second-order valence-electron chi connectivity index (χ2n) is 2.12. The van der Waals surface area contributed by atoms with E-state index in [4.69, 9.17) is 0 Å². The van der Waals surface area contributed by atoms with Crippen LogP contribution < -0.4 is 0 Å². The van der Waals surface area contributed by atoms with E-state index >= 15 is 0 Å². The van der Waals surface area contributed by atoms with Crippen LogP contribution in [0.1, 0.15) is 74.4 Å². The van der Waals surface area contributed by atoms with Gasteiger partial charge >= 0.3 is 0 Å². The smallest absolute Gasteiger partial charge is 0.0796 e. The third kappa shape index (κ3) is 21.1. The highest BCUT2D eigenvalue weighted by molar-refractivity contribution is 4.85. The monoisotopic (exact) mass is 245 g/mol. The van der Waals surface area contributed by atoms with E-state index in [0.717, 1.165) is 18.7 Å². The molecule has 0 aliphatic carbocycles. The molecule has 0 saturated carbocycles. The van der Waals surface area contributed by atoms with Crippen molar-refractivity contribution in [2.24, 2.45) is 0 Å². The maximum atomic E-state index is 3.87. The molecule has 0 saturated heterocycles. The summed E-state index contributed by atoms with van der Waals surface area (Å²) in [4.78, 5) is 0. The van der Waals surface area contributed by atoms with E-state index < -0.39 is 0 Å². The van der Waals surface area contributed by atoms with Gasteiger partial charge in [0.15, 0.2) is 0 Å². The van der Waals surface area contributed by atoms with Gasteiger partial charge < -0.3 is 0 Å². The molecule has 1 heterocycles. The number of hydrogen-bond acceptors (Lipinski definition) is 2. The lowest BCUT2D eigenvalue weighted by Crippen LogP contribution is -1.96. The average molecular weight is 245 g/mol. The van der Waals surface area contributed by atoms with E-state index in [2.05, 4.69) is 17.2 Å². The van der Waals surface area contributed by atoms with Crippen molar-refractivity contribution in [1.29, 1.82) is 0 Å². The van der Waals surface area contributed by atoms with E-state index in [1.165, 1.54) is 0 Å². The van der Waals surface area contributed by atoms with Crippen LogP contribution in [-0.4, -0.2) is 15.0 Å². The molecule has 0 aliphatic rings. The Bertz CT molecular complexity index is 183. The quantitative estimate of drug-likeness (QED) is 0.725. The van der Waals surface area contributed by atoms with Crippen LogP contribution in [0.5, 0.6) is 0 Å². The highest BCUT2D eigenvalue weighted by Crippen LogP contribution is 1.90. The number of nitrogens with zero attached hydrogens (tertiary/aromatic N) is 3. The van der Waals surface area contributed by atoms with Crippen LogP contribution in [-0.2, 0) is 6.54 Å². The van der Waals surface area contributed by atoms with Gasteiger partial charge in [-0.25, -0.2) is 0 Å². The Morgan fingerprint density at radius 3 is 1.59 bits per heavy atom. The molecule has 1 aromatic heterocycles. The fraction of sp³-hybridized carbons (Fsp3) is 0.857. The minimum Gasteiger partial charge on any atom is -0.252 e. The fourth-order valence-corrected chi connectivity index (χ4v) is 0.734. The largest absolute Gasteiger partial charge is 0.252 e. The van der Waals surface area contributed by atoms with Gasteiger partial charge in [-0.15, -0.1) is 5.10 Å². The zero-order chi connectivity index (χ0) is 14.7. The molecule has 3 nitrogen and oxygen atoms in total. The summed E-state index contributed by atoms with van der Waals surface area (Å²) in [6.45, 7) is 21.0. The average Bonchev–Trinajstić information content (AvgIpc) is 2.85. The maximum absolute atomic E-state index is 3.87. The molecule has 106 valence electrons. The molecule has 0 atom stereocenters. The highest BCUT2D eigenvalue weighted by atomic mass is 15.4. The fourth-order valence-electron chi connectivity index (χ4n) is 0.734. The SMILES string of the molecule is CC.CC.CC.CC.CCCn1cc(C)nn1. The van der Waals surface area contributed by atoms with Gasteiger partial charge in [0.2, 0.25) is 0 Å². The molecule has 3 heteroatoms.